The number of amides is 1. The molecule has 1 aliphatic rings. The Labute approximate surface area is 198 Å². The molecule has 1 fully saturated rings. The fourth-order valence-corrected chi connectivity index (χ4v) is 4.64. The van der Waals surface area contributed by atoms with E-state index in [2.05, 4.69) is 32.2 Å². The lowest BCUT2D eigenvalue weighted by molar-refractivity contribution is 0.0916. The second-order valence-corrected chi connectivity index (χ2v) is 8.44. The molecule has 34 heavy (non-hydrogen) atoms. The summed E-state index contributed by atoms with van der Waals surface area (Å²) in [6.45, 7) is 5.83. The summed E-state index contributed by atoms with van der Waals surface area (Å²) in [7, 11) is 1.68. The van der Waals surface area contributed by atoms with Crippen LogP contribution < -0.4 is 15.0 Å². The highest BCUT2D eigenvalue weighted by molar-refractivity contribution is 5.94. The van der Waals surface area contributed by atoms with Gasteiger partial charge in [0.2, 0.25) is 0 Å². The molecule has 1 unspecified atom stereocenters. The number of piperazine rings is 1. The maximum Gasteiger partial charge on any atom is 0.270 e. The quantitative estimate of drug-likeness (QED) is 0.456. The molecular formula is C26H29N5O3. The number of anilines is 1. The minimum Gasteiger partial charge on any atom is -0.497 e. The number of nitrogens with zero attached hydrogens (tertiary/aromatic N) is 4. The van der Waals surface area contributed by atoms with E-state index in [4.69, 9.17) is 9.15 Å². The Morgan fingerprint density at radius 3 is 2.59 bits per heavy atom. The van der Waals surface area contributed by atoms with Crippen molar-refractivity contribution in [1.29, 1.82) is 0 Å². The first-order valence-electron chi connectivity index (χ1n) is 11.5. The molecule has 1 N–H and O–H groups in total. The van der Waals surface area contributed by atoms with Gasteiger partial charge >= 0.3 is 0 Å². The Morgan fingerprint density at radius 2 is 1.88 bits per heavy atom. The minimum absolute atomic E-state index is 0.0449. The molecular weight excluding hydrogens is 430 g/mol. The van der Waals surface area contributed by atoms with Gasteiger partial charge in [0, 0.05) is 44.6 Å². The third kappa shape index (κ3) is 4.36. The van der Waals surface area contributed by atoms with Gasteiger partial charge in [0.15, 0.2) is 0 Å². The number of benzene rings is 1. The number of aryl methyl sites for hydroxylation is 1. The predicted octanol–water partition coefficient (Wildman–Crippen LogP) is 3.54. The molecule has 4 heterocycles. The van der Waals surface area contributed by atoms with Crippen LogP contribution in [0.1, 0.15) is 28.0 Å². The SMILES string of the molecule is COc1ccc(N2CCN(C(CNC(=O)c3c(C)nc4ccccn34)c3ccco3)CC2)cc1. The van der Waals surface area contributed by atoms with Crippen LogP contribution in [-0.4, -0.2) is 60.0 Å². The number of ether oxygens (including phenoxy) is 1. The molecule has 0 saturated carbocycles. The molecule has 176 valence electrons. The molecule has 3 aromatic heterocycles. The number of pyridine rings is 1. The van der Waals surface area contributed by atoms with Gasteiger partial charge < -0.3 is 19.4 Å². The smallest absolute Gasteiger partial charge is 0.270 e. The number of hydrogen-bond acceptors (Lipinski definition) is 6. The van der Waals surface area contributed by atoms with Gasteiger partial charge in [-0.3, -0.25) is 14.1 Å². The summed E-state index contributed by atoms with van der Waals surface area (Å²) in [5.74, 6) is 1.58. The van der Waals surface area contributed by atoms with E-state index >= 15 is 0 Å². The summed E-state index contributed by atoms with van der Waals surface area (Å²) in [6, 6.07) is 17.7. The van der Waals surface area contributed by atoms with E-state index in [1.54, 1.807) is 13.4 Å². The monoisotopic (exact) mass is 459 g/mol. The molecule has 0 aliphatic carbocycles. The van der Waals surface area contributed by atoms with Crippen molar-refractivity contribution in [3.05, 3.63) is 84.2 Å². The molecule has 8 heteroatoms. The van der Waals surface area contributed by atoms with Gasteiger partial charge in [-0.15, -0.1) is 0 Å². The van der Waals surface area contributed by atoms with Crippen molar-refractivity contribution in [3.8, 4) is 5.75 Å². The van der Waals surface area contributed by atoms with E-state index in [0.717, 1.165) is 43.3 Å². The highest BCUT2D eigenvalue weighted by Gasteiger charge is 2.28. The summed E-state index contributed by atoms with van der Waals surface area (Å²) in [4.78, 5) is 22.4. The zero-order valence-corrected chi connectivity index (χ0v) is 19.5. The van der Waals surface area contributed by atoms with Crippen molar-refractivity contribution in [2.75, 3.05) is 44.7 Å². The lowest BCUT2D eigenvalue weighted by atomic mass is 10.1. The lowest BCUT2D eigenvalue weighted by Crippen LogP contribution is -2.50. The first-order chi connectivity index (χ1) is 16.6. The number of carbonyl (C=O) groups excluding carboxylic acids is 1. The molecule has 0 radical (unpaired) electrons. The molecule has 0 bridgehead atoms. The molecule has 0 spiro atoms. The number of imidazole rings is 1. The zero-order valence-electron chi connectivity index (χ0n) is 19.5. The standard InChI is InChI=1S/C26H29N5O3/c1-19-25(31-12-4-3-7-24(31)28-19)26(32)27-18-22(23-6-5-17-34-23)30-15-13-29(14-16-30)20-8-10-21(33-2)11-9-20/h3-12,17,22H,13-16,18H2,1-2H3,(H,27,32). The first-order valence-corrected chi connectivity index (χ1v) is 11.5. The molecule has 1 amide bonds. The average molecular weight is 460 g/mol. The third-order valence-electron chi connectivity index (χ3n) is 6.44. The summed E-state index contributed by atoms with van der Waals surface area (Å²) >= 11 is 0. The number of aromatic nitrogens is 2. The maximum absolute atomic E-state index is 13.1. The summed E-state index contributed by atoms with van der Waals surface area (Å²) in [5, 5.41) is 3.13. The Hall–Kier alpha value is -3.78. The Kier molecular flexibility index (Phi) is 6.22. The normalized spacial score (nSPS) is 15.4. The molecule has 8 nitrogen and oxygen atoms in total. The van der Waals surface area contributed by atoms with Crippen LogP contribution in [0.2, 0.25) is 0 Å². The Bertz CT molecular complexity index is 1240. The predicted molar refractivity (Wildman–Crippen MR) is 130 cm³/mol. The molecule has 1 aliphatic heterocycles. The van der Waals surface area contributed by atoms with Crippen molar-refractivity contribution in [1.82, 2.24) is 19.6 Å². The number of nitrogens with one attached hydrogen (secondary N) is 1. The molecule has 1 atom stereocenters. The highest BCUT2D eigenvalue weighted by atomic mass is 16.5. The van der Waals surface area contributed by atoms with Gasteiger partial charge in [-0.25, -0.2) is 4.98 Å². The second kappa shape index (κ2) is 9.61. The second-order valence-electron chi connectivity index (χ2n) is 8.44. The van der Waals surface area contributed by atoms with Gasteiger partial charge in [-0.2, -0.15) is 0 Å². The highest BCUT2D eigenvalue weighted by Crippen LogP contribution is 2.26. The number of fused-ring (bicyclic) bond motifs is 1. The van der Waals surface area contributed by atoms with Gasteiger partial charge in [-0.1, -0.05) is 6.07 Å². The number of methoxy groups -OCH3 is 1. The van der Waals surface area contributed by atoms with Crippen LogP contribution in [-0.2, 0) is 0 Å². The van der Waals surface area contributed by atoms with Gasteiger partial charge in [-0.05, 0) is 55.5 Å². The summed E-state index contributed by atoms with van der Waals surface area (Å²) in [5.41, 5.74) is 3.23. The minimum atomic E-state index is -0.135. The third-order valence-corrected chi connectivity index (χ3v) is 6.44. The molecule has 5 rings (SSSR count). The van der Waals surface area contributed by atoms with Crippen LogP contribution in [0.15, 0.2) is 71.5 Å². The van der Waals surface area contributed by atoms with Crippen LogP contribution in [0, 0.1) is 6.92 Å². The van der Waals surface area contributed by atoms with E-state index in [0.29, 0.717) is 17.9 Å². The van der Waals surface area contributed by atoms with Crippen LogP contribution in [0.4, 0.5) is 5.69 Å². The van der Waals surface area contributed by atoms with Crippen molar-refractivity contribution in [2.24, 2.45) is 0 Å². The molecule has 1 aromatic carbocycles. The summed E-state index contributed by atoms with van der Waals surface area (Å²) < 4.78 is 12.9. The van der Waals surface area contributed by atoms with Crippen molar-refractivity contribution < 1.29 is 13.9 Å². The number of rotatable bonds is 7. The lowest BCUT2D eigenvalue weighted by Gasteiger charge is -2.39. The zero-order chi connectivity index (χ0) is 23.5. The number of furan rings is 1. The fraction of sp³-hybridized carbons (Fsp3) is 0.308. The van der Waals surface area contributed by atoms with Crippen LogP contribution in [0.3, 0.4) is 0 Å². The Morgan fingerprint density at radius 1 is 1.09 bits per heavy atom. The van der Waals surface area contributed by atoms with Gasteiger partial charge in [0.05, 0.1) is 25.1 Å². The molecule has 4 aromatic rings. The molecule has 1 saturated heterocycles. The first kappa shape index (κ1) is 22.0. The van der Waals surface area contributed by atoms with E-state index < -0.39 is 0 Å². The van der Waals surface area contributed by atoms with Crippen molar-refractivity contribution in [2.45, 2.75) is 13.0 Å². The van der Waals surface area contributed by atoms with Crippen LogP contribution in [0.25, 0.3) is 5.65 Å². The number of hydrogen-bond donors (Lipinski definition) is 1. The van der Waals surface area contributed by atoms with Crippen molar-refractivity contribution in [3.63, 3.8) is 0 Å². The fourth-order valence-electron chi connectivity index (χ4n) is 4.64. The van der Waals surface area contributed by atoms with Crippen LogP contribution >= 0.6 is 0 Å². The van der Waals surface area contributed by atoms with E-state index in [-0.39, 0.29) is 11.9 Å². The number of carbonyl (C=O) groups is 1. The topological polar surface area (TPSA) is 75.2 Å². The maximum atomic E-state index is 13.1. The largest absolute Gasteiger partial charge is 0.497 e. The van der Waals surface area contributed by atoms with Crippen molar-refractivity contribution >= 4 is 17.2 Å². The Balaban J connectivity index is 1.27. The van der Waals surface area contributed by atoms with E-state index in [9.17, 15) is 4.79 Å². The van der Waals surface area contributed by atoms with Crippen LogP contribution in [0.5, 0.6) is 5.75 Å². The average Bonchev–Trinajstić information content (AvgIpc) is 3.52. The van der Waals surface area contributed by atoms with E-state index in [1.165, 1.54) is 5.69 Å². The van der Waals surface area contributed by atoms with E-state index in [1.807, 2.05) is 60.0 Å². The van der Waals surface area contributed by atoms with Gasteiger partial charge in [0.25, 0.3) is 5.91 Å². The van der Waals surface area contributed by atoms with Gasteiger partial charge in [0.1, 0.15) is 22.9 Å². The summed E-state index contributed by atoms with van der Waals surface area (Å²) in [6.07, 6.45) is 3.55.